The summed E-state index contributed by atoms with van der Waals surface area (Å²) in [7, 11) is 0. The number of rotatable bonds is 5. The molecule has 1 unspecified atom stereocenters. The van der Waals surface area contributed by atoms with Gasteiger partial charge in [0.1, 0.15) is 0 Å². The molecule has 0 bridgehead atoms. The average Bonchev–Trinajstić information content (AvgIpc) is 2.82. The van der Waals surface area contributed by atoms with E-state index in [9.17, 15) is 5.11 Å². The quantitative estimate of drug-likeness (QED) is 0.816. The summed E-state index contributed by atoms with van der Waals surface area (Å²) in [5.41, 5.74) is 4.10. The van der Waals surface area contributed by atoms with E-state index < -0.39 is 0 Å². The van der Waals surface area contributed by atoms with Gasteiger partial charge in [-0.2, -0.15) is 0 Å². The molecule has 0 amide bonds. The van der Waals surface area contributed by atoms with E-state index in [1.807, 2.05) is 0 Å². The van der Waals surface area contributed by atoms with Gasteiger partial charge >= 0.3 is 0 Å². The van der Waals surface area contributed by atoms with Crippen molar-refractivity contribution < 1.29 is 5.11 Å². The van der Waals surface area contributed by atoms with Crippen LogP contribution in [0.4, 0.5) is 0 Å². The van der Waals surface area contributed by atoms with Crippen LogP contribution in [-0.4, -0.2) is 11.2 Å². The van der Waals surface area contributed by atoms with Gasteiger partial charge in [-0.25, -0.2) is 0 Å². The smallest absolute Gasteiger partial charge is 0.0636 e. The number of hydrogen-bond donors (Lipinski definition) is 1. The Labute approximate surface area is 124 Å². The summed E-state index contributed by atoms with van der Waals surface area (Å²) in [6, 6.07) is 6.59. The van der Waals surface area contributed by atoms with Crippen LogP contribution in [0.25, 0.3) is 0 Å². The third kappa shape index (κ3) is 3.44. The Balaban J connectivity index is 2.16. The molecule has 1 aliphatic carbocycles. The lowest BCUT2D eigenvalue weighted by Gasteiger charge is -2.36. The topological polar surface area (TPSA) is 20.2 Å². The number of benzene rings is 1. The molecule has 1 nitrogen and oxygen atoms in total. The van der Waals surface area contributed by atoms with Crippen LogP contribution in [-0.2, 0) is 6.42 Å². The predicted octanol–water partition coefficient (Wildman–Crippen LogP) is 4.81. The summed E-state index contributed by atoms with van der Waals surface area (Å²) < 4.78 is 0. The molecular formula is C19H30O. The summed E-state index contributed by atoms with van der Waals surface area (Å²) >= 11 is 0. The molecule has 1 aliphatic rings. The second-order valence-corrected chi connectivity index (χ2v) is 7.32. The van der Waals surface area contributed by atoms with Gasteiger partial charge in [-0.1, -0.05) is 50.5 Å². The third-order valence-corrected chi connectivity index (χ3v) is 5.04. The fourth-order valence-corrected chi connectivity index (χ4v) is 4.01. The molecular weight excluding hydrogens is 244 g/mol. The number of aryl methyl sites for hydroxylation is 2. The lowest BCUT2D eigenvalue weighted by molar-refractivity contribution is 0.0133. The van der Waals surface area contributed by atoms with Crippen LogP contribution in [0.5, 0.6) is 0 Å². The fraction of sp³-hybridized carbons (Fsp3) is 0.684. The molecule has 0 aliphatic heterocycles. The van der Waals surface area contributed by atoms with Gasteiger partial charge in [-0.15, -0.1) is 0 Å². The van der Waals surface area contributed by atoms with Gasteiger partial charge in [0.05, 0.1) is 6.10 Å². The van der Waals surface area contributed by atoms with Gasteiger partial charge < -0.3 is 5.11 Å². The van der Waals surface area contributed by atoms with Crippen molar-refractivity contribution >= 4 is 0 Å². The van der Waals surface area contributed by atoms with E-state index >= 15 is 0 Å². The Morgan fingerprint density at radius 1 is 1.15 bits per heavy atom. The summed E-state index contributed by atoms with van der Waals surface area (Å²) in [6.07, 6.45) is 6.79. The monoisotopic (exact) mass is 274 g/mol. The summed E-state index contributed by atoms with van der Waals surface area (Å²) in [5, 5.41) is 10.9. The molecule has 1 atom stereocenters. The van der Waals surface area contributed by atoms with Gasteiger partial charge in [-0.3, -0.25) is 0 Å². The van der Waals surface area contributed by atoms with E-state index in [1.165, 1.54) is 48.8 Å². The van der Waals surface area contributed by atoms with Crippen molar-refractivity contribution in [3.63, 3.8) is 0 Å². The van der Waals surface area contributed by atoms with Gasteiger partial charge in [0.25, 0.3) is 0 Å². The van der Waals surface area contributed by atoms with Crippen molar-refractivity contribution in [3.05, 3.63) is 34.9 Å². The maximum Gasteiger partial charge on any atom is 0.0636 e. The fourth-order valence-electron chi connectivity index (χ4n) is 4.01. The largest absolute Gasteiger partial charge is 0.392 e. The molecule has 1 N–H and O–H groups in total. The van der Waals surface area contributed by atoms with Gasteiger partial charge in [0.2, 0.25) is 0 Å². The highest BCUT2D eigenvalue weighted by Crippen LogP contribution is 2.46. The Morgan fingerprint density at radius 2 is 1.80 bits per heavy atom. The van der Waals surface area contributed by atoms with Crippen molar-refractivity contribution in [2.75, 3.05) is 0 Å². The van der Waals surface area contributed by atoms with E-state index in [0.717, 1.165) is 6.42 Å². The second kappa shape index (κ2) is 6.30. The first-order chi connectivity index (χ1) is 9.43. The van der Waals surface area contributed by atoms with E-state index in [4.69, 9.17) is 0 Å². The molecule has 1 fully saturated rings. The summed E-state index contributed by atoms with van der Waals surface area (Å²) in [5.74, 6) is 0.668. The Bertz CT molecular complexity index is 441. The van der Waals surface area contributed by atoms with Crippen LogP contribution >= 0.6 is 0 Å². The first-order valence-corrected chi connectivity index (χ1v) is 8.17. The molecule has 2 rings (SSSR count). The highest BCUT2D eigenvalue weighted by molar-refractivity contribution is 5.31. The van der Waals surface area contributed by atoms with E-state index in [0.29, 0.717) is 5.92 Å². The lowest BCUT2D eigenvalue weighted by Crippen LogP contribution is -2.35. The molecule has 20 heavy (non-hydrogen) atoms. The predicted molar refractivity (Wildman–Crippen MR) is 86.0 cm³/mol. The van der Waals surface area contributed by atoms with Gasteiger partial charge in [0.15, 0.2) is 0 Å². The summed E-state index contributed by atoms with van der Waals surface area (Å²) in [6.45, 7) is 8.86. The van der Waals surface area contributed by atoms with Crippen LogP contribution in [0.2, 0.25) is 0 Å². The molecule has 1 heteroatoms. The maximum atomic E-state index is 10.9. The standard InChI is InChI=1S/C19H30O/c1-14(2)13-19(9-5-6-10-19)18(20)12-17-11-15(3)7-8-16(17)4/h7-8,11,14,18,20H,5-6,9-10,12-13H2,1-4H3. The number of aliphatic hydroxyl groups is 1. The maximum absolute atomic E-state index is 10.9. The Kier molecular flexibility index (Phi) is 4.90. The van der Waals surface area contributed by atoms with E-state index in [-0.39, 0.29) is 11.5 Å². The molecule has 0 spiro atoms. The Hall–Kier alpha value is -0.820. The molecule has 0 saturated heterocycles. The molecule has 1 saturated carbocycles. The second-order valence-electron chi connectivity index (χ2n) is 7.32. The van der Waals surface area contributed by atoms with Crippen LogP contribution < -0.4 is 0 Å². The van der Waals surface area contributed by atoms with E-state index in [2.05, 4.69) is 45.9 Å². The van der Waals surface area contributed by atoms with Gasteiger partial charge in [-0.05, 0) is 62.0 Å². The van der Waals surface area contributed by atoms with Crippen molar-refractivity contribution in [3.8, 4) is 0 Å². The van der Waals surface area contributed by atoms with Crippen LogP contribution in [0.3, 0.4) is 0 Å². The Morgan fingerprint density at radius 3 is 2.40 bits per heavy atom. The van der Waals surface area contributed by atoms with Crippen molar-refractivity contribution in [2.45, 2.75) is 72.3 Å². The third-order valence-electron chi connectivity index (χ3n) is 5.04. The first-order valence-electron chi connectivity index (χ1n) is 8.17. The first kappa shape index (κ1) is 15.6. The van der Waals surface area contributed by atoms with Gasteiger partial charge in [0, 0.05) is 0 Å². The van der Waals surface area contributed by atoms with Crippen molar-refractivity contribution in [1.29, 1.82) is 0 Å². The minimum atomic E-state index is -0.187. The highest BCUT2D eigenvalue weighted by Gasteiger charge is 2.40. The molecule has 0 heterocycles. The zero-order valence-electron chi connectivity index (χ0n) is 13.6. The molecule has 1 aromatic carbocycles. The van der Waals surface area contributed by atoms with Crippen molar-refractivity contribution in [1.82, 2.24) is 0 Å². The SMILES string of the molecule is Cc1ccc(C)c(CC(O)C2(CC(C)C)CCCC2)c1. The average molecular weight is 274 g/mol. The van der Waals surface area contributed by atoms with Crippen molar-refractivity contribution in [2.24, 2.45) is 11.3 Å². The lowest BCUT2D eigenvalue weighted by atomic mass is 9.72. The van der Waals surface area contributed by atoms with E-state index in [1.54, 1.807) is 0 Å². The van der Waals surface area contributed by atoms with Crippen LogP contribution in [0.15, 0.2) is 18.2 Å². The summed E-state index contributed by atoms with van der Waals surface area (Å²) in [4.78, 5) is 0. The van der Waals surface area contributed by atoms with Crippen LogP contribution in [0.1, 0.15) is 62.6 Å². The normalized spacial score (nSPS) is 19.5. The minimum absolute atomic E-state index is 0.171. The molecule has 0 radical (unpaired) electrons. The number of aliphatic hydroxyl groups excluding tert-OH is 1. The highest BCUT2D eigenvalue weighted by atomic mass is 16.3. The molecule has 112 valence electrons. The molecule has 1 aromatic rings. The molecule has 0 aromatic heterocycles. The minimum Gasteiger partial charge on any atom is -0.392 e. The number of hydrogen-bond acceptors (Lipinski definition) is 1. The van der Waals surface area contributed by atoms with Crippen LogP contribution in [0, 0.1) is 25.2 Å². The zero-order valence-corrected chi connectivity index (χ0v) is 13.6. The zero-order chi connectivity index (χ0) is 14.8.